The number of hydrogen-bond donors (Lipinski definition) is 1. The van der Waals surface area contributed by atoms with Crippen LogP contribution in [0.25, 0.3) is 0 Å². The van der Waals surface area contributed by atoms with E-state index in [-0.39, 0.29) is 23.9 Å². The zero-order valence-corrected chi connectivity index (χ0v) is 12.9. The Bertz CT molecular complexity index is 563. The fourth-order valence-corrected chi connectivity index (χ4v) is 2.44. The van der Waals surface area contributed by atoms with Crippen molar-refractivity contribution in [2.75, 3.05) is 19.7 Å². The van der Waals surface area contributed by atoms with Gasteiger partial charge in [-0.2, -0.15) is 0 Å². The molecule has 22 heavy (non-hydrogen) atoms. The zero-order chi connectivity index (χ0) is 16.2. The molecule has 1 atom stereocenters. The van der Waals surface area contributed by atoms with Gasteiger partial charge < -0.3 is 15.0 Å². The second-order valence-electron chi connectivity index (χ2n) is 5.62. The van der Waals surface area contributed by atoms with E-state index < -0.39 is 4.92 Å². The molecule has 7 nitrogen and oxygen atoms in total. The van der Waals surface area contributed by atoms with Crippen LogP contribution in [0.2, 0.25) is 0 Å². The third kappa shape index (κ3) is 3.73. The molecule has 0 saturated carbocycles. The van der Waals surface area contributed by atoms with Crippen molar-refractivity contribution in [3.63, 3.8) is 0 Å². The Balaban J connectivity index is 1.97. The van der Waals surface area contributed by atoms with Gasteiger partial charge in [0.2, 0.25) is 0 Å². The van der Waals surface area contributed by atoms with E-state index in [1.165, 1.54) is 6.07 Å². The molecule has 0 aromatic heterocycles. The van der Waals surface area contributed by atoms with E-state index in [0.717, 1.165) is 6.42 Å². The van der Waals surface area contributed by atoms with Gasteiger partial charge in [0.25, 0.3) is 5.69 Å². The number of benzene rings is 1. The predicted octanol–water partition coefficient (Wildman–Crippen LogP) is 2.31. The van der Waals surface area contributed by atoms with Gasteiger partial charge in [-0.1, -0.05) is 25.1 Å². The molecule has 1 saturated heterocycles. The van der Waals surface area contributed by atoms with Crippen LogP contribution >= 0.6 is 0 Å². The van der Waals surface area contributed by atoms with E-state index in [9.17, 15) is 14.9 Å². The lowest BCUT2D eigenvalue weighted by molar-refractivity contribution is -0.385. The average molecular weight is 307 g/mol. The number of morpholine rings is 1. The molecule has 2 rings (SSSR count). The van der Waals surface area contributed by atoms with Crippen molar-refractivity contribution in [1.29, 1.82) is 0 Å². The van der Waals surface area contributed by atoms with Crippen LogP contribution in [0, 0.1) is 10.1 Å². The lowest BCUT2D eigenvalue weighted by atomic mass is 10.0. The molecule has 1 aromatic carbocycles. The van der Waals surface area contributed by atoms with Crippen LogP contribution in [0.5, 0.6) is 0 Å². The second-order valence-corrected chi connectivity index (χ2v) is 5.62. The highest BCUT2D eigenvalue weighted by Crippen LogP contribution is 2.21. The lowest BCUT2D eigenvalue weighted by Crippen LogP contribution is -2.54. The predicted molar refractivity (Wildman–Crippen MR) is 81.6 cm³/mol. The number of hydrogen-bond acceptors (Lipinski definition) is 4. The number of amides is 2. The van der Waals surface area contributed by atoms with Crippen molar-refractivity contribution in [2.45, 2.75) is 32.4 Å². The summed E-state index contributed by atoms with van der Waals surface area (Å²) in [5.74, 6) is 0. The number of para-hydroxylation sites is 1. The highest BCUT2D eigenvalue weighted by atomic mass is 16.6. The first-order chi connectivity index (χ1) is 10.4. The number of carbonyl (C=O) groups is 1. The third-order valence-corrected chi connectivity index (χ3v) is 3.99. The maximum Gasteiger partial charge on any atom is 0.317 e. The minimum Gasteiger partial charge on any atom is -0.372 e. The van der Waals surface area contributed by atoms with Crippen LogP contribution in [0.3, 0.4) is 0 Å². The van der Waals surface area contributed by atoms with E-state index >= 15 is 0 Å². The third-order valence-electron chi connectivity index (χ3n) is 3.99. The fourth-order valence-electron chi connectivity index (χ4n) is 2.44. The number of ether oxygens (including phenoxy) is 1. The van der Waals surface area contributed by atoms with Crippen molar-refractivity contribution < 1.29 is 14.5 Å². The Morgan fingerprint density at radius 2 is 2.23 bits per heavy atom. The molecular weight excluding hydrogens is 286 g/mol. The van der Waals surface area contributed by atoms with Crippen LogP contribution in [0.4, 0.5) is 10.5 Å². The summed E-state index contributed by atoms with van der Waals surface area (Å²) in [5, 5.41) is 13.7. The summed E-state index contributed by atoms with van der Waals surface area (Å²) in [7, 11) is 0. The summed E-state index contributed by atoms with van der Waals surface area (Å²) in [5.41, 5.74) is 0.185. The molecule has 2 amide bonds. The van der Waals surface area contributed by atoms with E-state index in [4.69, 9.17) is 4.74 Å². The number of nitrogens with one attached hydrogen (secondary N) is 1. The summed E-state index contributed by atoms with van der Waals surface area (Å²) in [4.78, 5) is 24.5. The minimum absolute atomic E-state index is 0.0168. The van der Waals surface area contributed by atoms with Gasteiger partial charge in [0.1, 0.15) is 0 Å². The zero-order valence-electron chi connectivity index (χ0n) is 12.9. The van der Waals surface area contributed by atoms with Crippen molar-refractivity contribution in [3.05, 3.63) is 39.9 Å². The van der Waals surface area contributed by atoms with Crippen LogP contribution in [-0.4, -0.2) is 41.2 Å². The SMILES string of the molecule is CC[C@@]1(C)CN(C(=O)NCc2ccccc2[N+](=O)[O-])CCO1. The van der Waals surface area contributed by atoms with E-state index in [0.29, 0.717) is 25.3 Å². The molecule has 0 radical (unpaired) electrons. The van der Waals surface area contributed by atoms with Gasteiger partial charge in [-0.3, -0.25) is 10.1 Å². The smallest absolute Gasteiger partial charge is 0.317 e. The van der Waals surface area contributed by atoms with Gasteiger partial charge in [0.05, 0.1) is 30.2 Å². The standard InChI is InChI=1S/C15H21N3O4/c1-3-15(2)11-17(8-9-22-15)14(19)16-10-12-6-4-5-7-13(12)18(20)21/h4-7H,3,8-11H2,1-2H3,(H,16,19)/t15-/m0/s1. The molecule has 1 fully saturated rings. The van der Waals surface area contributed by atoms with Crippen molar-refractivity contribution in [2.24, 2.45) is 0 Å². The Kier molecular flexibility index (Phi) is 4.97. The maximum atomic E-state index is 12.2. The van der Waals surface area contributed by atoms with Gasteiger partial charge in [0, 0.05) is 18.2 Å². The molecule has 1 aliphatic heterocycles. The van der Waals surface area contributed by atoms with E-state index in [1.807, 2.05) is 13.8 Å². The molecule has 7 heteroatoms. The number of urea groups is 1. The molecule has 1 heterocycles. The first-order valence-electron chi connectivity index (χ1n) is 7.34. The monoisotopic (exact) mass is 307 g/mol. The molecular formula is C15H21N3O4. The van der Waals surface area contributed by atoms with Gasteiger partial charge in [0.15, 0.2) is 0 Å². The molecule has 1 aliphatic rings. The molecule has 120 valence electrons. The number of nitrogens with zero attached hydrogens (tertiary/aromatic N) is 2. The fraction of sp³-hybridized carbons (Fsp3) is 0.533. The Labute approximate surface area is 129 Å². The van der Waals surface area contributed by atoms with Crippen molar-refractivity contribution in [3.8, 4) is 0 Å². The van der Waals surface area contributed by atoms with Gasteiger partial charge in [-0.05, 0) is 13.3 Å². The molecule has 0 spiro atoms. The summed E-state index contributed by atoms with van der Waals surface area (Å²) >= 11 is 0. The first-order valence-corrected chi connectivity index (χ1v) is 7.34. The largest absolute Gasteiger partial charge is 0.372 e. The molecule has 1 aromatic rings. The Morgan fingerprint density at radius 3 is 2.91 bits per heavy atom. The van der Waals surface area contributed by atoms with E-state index in [2.05, 4.69) is 5.32 Å². The summed E-state index contributed by atoms with van der Waals surface area (Å²) in [6, 6.07) is 6.19. The van der Waals surface area contributed by atoms with Crippen LogP contribution in [0.1, 0.15) is 25.8 Å². The quantitative estimate of drug-likeness (QED) is 0.683. The summed E-state index contributed by atoms with van der Waals surface area (Å²) in [6.07, 6.45) is 0.820. The highest BCUT2D eigenvalue weighted by Gasteiger charge is 2.32. The number of nitro groups is 1. The summed E-state index contributed by atoms with van der Waals surface area (Å²) < 4.78 is 5.70. The molecule has 0 unspecified atom stereocenters. The van der Waals surface area contributed by atoms with E-state index in [1.54, 1.807) is 23.1 Å². The minimum atomic E-state index is -0.440. The number of carbonyl (C=O) groups excluding carboxylic acids is 1. The normalized spacial score (nSPS) is 21.5. The maximum absolute atomic E-state index is 12.2. The van der Waals surface area contributed by atoms with Gasteiger partial charge in [-0.25, -0.2) is 4.79 Å². The molecule has 0 bridgehead atoms. The first kappa shape index (κ1) is 16.2. The molecule has 1 N–H and O–H groups in total. The van der Waals surface area contributed by atoms with Crippen LogP contribution in [-0.2, 0) is 11.3 Å². The van der Waals surface area contributed by atoms with Crippen molar-refractivity contribution >= 4 is 11.7 Å². The number of nitro benzene ring substituents is 1. The van der Waals surface area contributed by atoms with Crippen LogP contribution in [0.15, 0.2) is 24.3 Å². The van der Waals surface area contributed by atoms with Gasteiger partial charge in [-0.15, -0.1) is 0 Å². The second kappa shape index (κ2) is 6.74. The summed E-state index contributed by atoms with van der Waals surface area (Å²) in [6.45, 7) is 5.69. The molecule has 0 aliphatic carbocycles. The highest BCUT2D eigenvalue weighted by molar-refractivity contribution is 5.74. The average Bonchev–Trinajstić information content (AvgIpc) is 2.52. The topological polar surface area (TPSA) is 84.7 Å². The Morgan fingerprint density at radius 1 is 1.50 bits per heavy atom. The van der Waals surface area contributed by atoms with Gasteiger partial charge >= 0.3 is 6.03 Å². The van der Waals surface area contributed by atoms with Crippen molar-refractivity contribution in [1.82, 2.24) is 10.2 Å². The van der Waals surface area contributed by atoms with Crippen LogP contribution < -0.4 is 5.32 Å². The lowest BCUT2D eigenvalue weighted by Gasteiger charge is -2.39. The number of rotatable bonds is 4. The Hall–Kier alpha value is -2.15.